The lowest BCUT2D eigenvalue weighted by Gasteiger charge is -2.17. The zero-order valence-electron chi connectivity index (χ0n) is 16.0. The summed E-state index contributed by atoms with van der Waals surface area (Å²) in [5.74, 6) is 0.679. The molecule has 1 aliphatic heterocycles. The van der Waals surface area contributed by atoms with Gasteiger partial charge in [-0.3, -0.25) is 4.79 Å². The molecule has 0 radical (unpaired) electrons. The van der Waals surface area contributed by atoms with Gasteiger partial charge in [-0.2, -0.15) is 4.98 Å². The van der Waals surface area contributed by atoms with Crippen molar-refractivity contribution in [1.82, 2.24) is 9.97 Å². The number of anilines is 1. The average molecular weight is 448 g/mol. The minimum Gasteiger partial charge on any atom is -0.464 e. The summed E-state index contributed by atoms with van der Waals surface area (Å²) >= 11 is 7.58. The fraction of sp³-hybridized carbons (Fsp3) is 0.0870. The molecule has 0 N–H and O–H groups in total. The topological polar surface area (TPSA) is 68.5 Å². The molecule has 0 saturated heterocycles. The van der Waals surface area contributed by atoms with E-state index >= 15 is 0 Å². The second-order valence-electron chi connectivity index (χ2n) is 7.26. The largest absolute Gasteiger partial charge is 0.464 e. The first-order chi connectivity index (χ1) is 15.1. The van der Waals surface area contributed by atoms with E-state index in [1.165, 1.54) is 11.3 Å². The predicted molar refractivity (Wildman–Crippen MR) is 120 cm³/mol. The van der Waals surface area contributed by atoms with Crippen LogP contribution in [0, 0.1) is 0 Å². The molecule has 6 rings (SSSR count). The second-order valence-corrected chi connectivity index (χ2v) is 8.69. The number of aromatic nitrogens is 2. The van der Waals surface area contributed by atoms with E-state index in [0.29, 0.717) is 40.2 Å². The summed E-state index contributed by atoms with van der Waals surface area (Å²) in [5.41, 5.74) is 4.12. The van der Waals surface area contributed by atoms with E-state index in [4.69, 9.17) is 20.8 Å². The summed E-state index contributed by atoms with van der Waals surface area (Å²) in [5, 5.41) is 2.07. The molecule has 3 aromatic heterocycles. The van der Waals surface area contributed by atoms with Crippen LogP contribution in [-0.4, -0.2) is 15.9 Å². The second kappa shape index (κ2) is 7.08. The summed E-state index contributed by atoms with van der Waals surface area (Å²) in [4.78, 5) is 22.9. The molecule has 2 aromatic carbocycles. The molecule has 6 nitrogen and oxygen atoms in total. The van der Waals surface area contributed by atoms with E-state index in [0.717, 1.165) is 26.9 Å². The van der Waals surface area contributed by atoms with Crippen LogP contribution in [0.4, 0.5) is 5.69 Å². The third-order valence-corrected chi connectivity index (χ3v) is 6.41. The van der Waals surface area contributed by atoms with Crippen LogP contribution in [0.5, 0.6) is 10.9 Å². The number of ether oxygens (including phenoxy) is 1. The third kappa shape index (κ3) is 3.22. The normalized spacial score (nSPS) is 13.3. The van der Waals surface area contributed by atoms with Crippen molar-refractivity contribution in [1.29, 1.82) is 0 Å². The molecule has 5 aromatic rings. The molecular weight excluding hydrogens is 434 g/mol. The number of carbonyl (C=O) groups is 1. The van der Waals surface area contributed by atoms with Crippen LogP contribution in [0.25, 0.3) is 21.3 Å². The molecule has 8 heteroatoms. The molecule has 1 aliphatic rings. The van der Waals surface area contributed by atoms with Crippen molar-refractivity contribution in [2.75, 3.05) is 4.90 Å². The van der Waals surface area contributed by atoms with Crippen molar-refractivity contribution in [3.8, 4) is 10.9 Å². The van der Waals surface area contributed by atoms with E-state index in [1.807, 2.05) is 48.5 Å². The van der Waals surface area contributed by atoms with Crippen molar-refractivity contribution >= 4 is 55.8 Å². The number of halogens is 1. The van der Waals surface area contributed by atoms with Gasteiger partial charge in [-0.1, -0.05) is 29.0 Å². The predicted octanol–water partition coefficient (Wildman–Crippen LogP) is 5.97. The maximum Gasteiger partial charge on any atom is 0.281 e. The van der Waals surface area contributed by atoms with Crippen molar-refractivity contribution in [2.24, 2.45) is 0 Å². The monoisotopic (exact) mass is 447 g/mol. The van der Waals surface area contributed by atoms with Gasteiger partial charge in [0.1, 0.15) is 11.3 Å². The van der Waals surface area contributed by atoms with E-state index in [9.17, 15) is 4.79 Å². The van der Waals surface area contributed by atoms with E-state index in [2.05, 4.69) is 9.97 Å². The van der Waals surface area contributed by atoms with Crippen molar-refractivity contribution in [3.05, 3.63) is 77.1 Å². The first kappa shape index (κ1) is 18.4. The number of carbonyl (C=O) groups excluding carboxylic acids is 1. The standard InChI is InChI=1S/C23H14ClN3O3S/c24-15-4-3-13-8-21(28)27(18(13)9-15)11-14-12-29-19-10-16(5-6-17(14)19)30-23-26-22-20(31-23)2-1-7-25-22/h1-7,9-10,12H,8,11H2. The highest BCUT2D eigenvalue weighted by Gasteiger charge is 2.28. The van der Waals surface area contributed by atoms with Gasteiger partial charge in [0, 0.05) is 33.9 Å². The molecule has 0 saturated carbocycles. The number of pyridine rings is 1. The number of hydrogen-bond donors (Lipinski definition) is 0. The number of fused-ring (bicyclic) bond motifs is 3. The summed E-state index contributed by atoms with van der Waals surface area (Å²) < 4.78 is 12.7. The first-order valence-electron chi connectivity index (χ1n) is 9.62. The van der Waals surface area contributed by atoms with Crippen LogP contribution in [0.1, 0.15) is 11.1 Å². The highest BCUT2D eigenvalue weighted by Crippen LogP contribution is 2.36. The lowest BCUT2D eigenvalue weighted by Crippen LogP contribution is -2.25. The highest BCUT2D eigenvalue weighted by atomic mass is 35.5. The Bertz CT molecular complexity index is 1440. The van der Waals surface area contributed by atoms with Crippen LogP contribution in [0.3, 0.4) is 0 Å². The summed E-state index contributed by atoms with van der Waals surface area (Å²) in [6.45, 7) is 0.420. The molecule has 0 aliphatic carbocycles. The van der Waals surface area contributed by atoms with Crippen molar-refractivity contribution in [3.63, 3.8) is 0 Å². The number of benzene rings is 2. The number of amides is 1. The molecule has 0 atom stereocenters. The fourth-order valence-electron chi connectivity index (χ4n) is 3.82. The molecule has 4 heterocycles. The molecule has 0 unspecified atom stereocenters. The number of rotatable bonds is 4. The van der Waals surface area contributed by atoms with E-state index in [1.54, 1.807) is 17.4 Å². The molecule has 152 valence electrons. The zero-order valence-corrected chi connectivity index (χ0v) is 17.6. The maximum atomic E-state index is 12.6. The number of furan rings is 1. The van der Waals surface area contributed by atoms with Gasteiger partial charge >= 0.3 is 0 Å². The number of hydrogen-bond acceptors (Lipinski definition) is 6. The minimum absolute atomic E-state index is 0.0519. The van der Waals surface area contributed by atoms with Crippen LogP contribution in [0.15, 0.2) is 65.4 Å². The fourth-order valence-corrected chi connectivity index (χ4v) is 4.78. The maximum absolute atomic E-state index is 12.6. The average Bonchev–Trinajstić information content (AvgIpc) is 3.44. The molecule has 31 heavy (non-hydrogen) atoms. The van der Waals surface area contributed by atoms with Crippen molar-refractivity contribution < 1.29 is 13.9 Å². The Kier molecular flexibility index (Phi) is 4.19. The smallest absolute Gasteiger partial charge is 0.281 e. The summed E-state index contributed by atoms with van der Waals surface area (Å²) in [7, 11) is 0. The Morgan fingerprint density at radius 3 is 3.03 bits per heavy atom. The Balaban J connectivity index is 1.28. The van der Waals surface area contributed by atoms with Gasteiger partial charge < -0.3 is 14.1 Å². The van der Waals surface area contributed by atoms with Gasteiger partial charge in [-0.25, -0.2) is 4.98 Å². The summed E-state index contributed by atoms with van der Waals surface area (Å²) in [6.07, 6.45) is 3.78. The summed E-state index contributed by atoms with van der Waals surface area (Å²) in [6, 6.07) is 15.0. The van der Waals surface area contributed by atoms with Crippen LogP contribution in [0.2, 0.25) is 5.02 Å². The van der Waals surface area contributed by atoms with Gasteiger partial charge in [0.2, 0.25) is 5.91 Å². The highest BCUT2D eigenvalue weighted by molar-refractivity contribution is 7.20. The Hall–Kier alpha value is -3.42. The van der Waals surface area contributed by atoms with Gasteiger partial charge in [0.15, 0.2) is 5.65 Å². The van der Waals surface area contributed by atoms with Gasteiger partial charge in [-0.05, 0) is 42.0 Å². The van der Waals surface area contributed by atoms with Crippen LogP contribution >= 0.6 is 22.9 Å². The van der Waals surface area contributed by atoms with Gasteiger partial charge in [0.25, 0.3) is 5.19 Å². The molecule has 0 spiro atoms. The third-order valence-electron chi connectivity index (χ3n) is 5.29. The Labute approximate surface area is 185 Å². The molecule has 0 fully saturated rings. The van der Waals surface area contributed by atoms with Gasteiger partial charge in [-0.15, -0.1) is 0 Å². The number of nitrogens with zero attached hydrogens (tertiary/aromatic N) is 3. The lowest BCUT2D eigenvalue weighted by atomic mass is 10.1. The first-order valence-corrected chi connectivity index (χ1v) is 10.8. The molecule has 1 amide bonds. The van der Waals surface area contributed by atoms with Crippen LogP contribution in [-0.2, 0) is 17.8 Å². The zero-order chi connectivity index (χ0) is 20.9. The quantitative estimate of drug-likeness (QED) is 0.339. The molecular formula is C23H14ClN3O3S. The molecule has 0 bridgehead atoms. The minimum atomic E-state index is 0.0519. The Morgan fingerprint density at radius 1 is 1.19 bits per heavy atom. The SMILES string of the molecule is O=C1Cc2ccc(Cl)cc2N1Cc1coc2cc(Oc3nc4ncccc4s3)ccc12. The van der Waals surface area contributed by atoms with E-state index in [-0.39, 0.29) is 5.91 Å². The van der Waals surface area contributed by atoms with Crippen molar-refractivity contribution in [2.45, 2.75) is 13.0 Å². The van der Waals surface area contributed by atoms with Gasteiger partial charge in [0.05, 0.1) is 23.9 Å². The van der Waals surface area contributed by atoms with E-state index < -0.39 is 0 Å². The number of thiazole rings is 1. The van der Waals surface area contributed by atoms with Crippen LogP contribution < -0.4 is 9.64 Å². The Morgan fingerprint density at radius 2 is 2.13 bits per heavy atom. The lowest BCUT2D eigenvalue weighted by molar-refractivity contribution is -0.117.